The van der Waals surface area contributed by atoms with Gasteiger partial charge in [0.25, 0.3) is 5.69 Å². The Kier molecular flexibility index (Phi) is 3.17. The first-order valence-corrected chi connectivity index (χ1v) is 4.23. The number of hydrogen-bond donors (Lipinski definition) is 1. The van der Waals surface area contributed by atoms with Gasteiger partial charge in [-0.3, -0.25) is 14.9 Å². The molecule has 0 saturated heterocycles. The molecule has 0 aromatic heterocycles. The van der Waals surface area contributed by atoms with Crippen LogP contribution in [0.4, 0.5) is 5.69 Å². The third-order valence-corrected chi connectivity index (χ3v) is 1.90. The molecule has 0 aliphatic heterocycles. The van der Waals surface area contributed by atoms with Crippen molar-refractivity contribution in [3.63, 3.8) is 0 Å². The molecule has 0 unspecified atom stereocenters. The van der Waals surface area contributed by atoms with Crippen molar-refractivity contribution < 1.29 is 9.72 Å². The van der Waals surface area contributed by atoms with Crippen LogP contribution in [0.1, 0.15) is 11.1 Å². The van der Waals surface area contributed by atoms with E-state index in [1.165, 1.54) is 24.3 Å². The number of nitrogens with zero attached hydrogens (tertiary/aromatic N) is 1. The highest BCUT2D eigenvalue weighted by Crippen LogP contribution is 2.18. The van der Waals surface area contributed by atoms with Crippen LogP contribution >= 0.6 is 0 Å². The van der Waals surface area contributed by atoms with Gasteiger partial charge in [0.2, 0.25) is 5.91 Å². The van der Waals surface area contributed by atoms with Crippen LogP contribution in [-0.2, 0) is 4.79 Å². The molecule has 1 amide bonds. The van der Waals surface area contributed by atoms with Crippen molar-refractivity contribution >= 4 is 17.7 Å². The summed E-state index contributed by atoms with van der Waals surface area (Å²) in [7, 11) is 0. The second-order valence-corrected chi connectivity index (χ2v) is 3.03. The lowest BCUT2D eigenvalue weighted by Gasteiger charge is -1.99. The number of aryl methyl sites for hydroxylation is 1. The predicted octanol–water partition coefficient (Wildman–Crippen LogP) is 1.40. The van der Waals surface area contributed by atoms with Crippen LogP contribution in [0.3, 0.4) is 0 Å². The van der Waals surface area contributed by atoms with E-state index < -0.39 is 10.8 Å². The lowest BCUT2D eigenvalue weighted by molar-refractivity contribution is -0.384. The molecular formula is C10H10N2O3. The van der Waals surface area contributed by atoms with Gasteiger partial charge < -0.3 is 5.73 Å². The first kappa shape index (κ1) is 10.9. The smallest absolute Gasteiger partial charge is 0.270 e. The number of amides is 1. The molecule has 0 aliphatic carbocycles. The lowest BCUT2D eigenvalue weighted by atomic mass is 10.1. The molecule has 0 atom stereocenters. The fraction of sp³-hybridized carbons (Fsp3) is 0.100. The Labute approximate surface area is 86.4 Å². The first-order chi connectivity index (χ1) is 7.00. The fourth-order valence-electron chi connectivity index (χ4n) is 1.09. The summed E-state index contributed by atoms with van der Waals surface area (Å²) in [6.45, 7) is 1.80. The van der Waals surface area contributed by atoms with Gasteiger partial charge in [-0.2, -0.15) is 0 Å². The van der Waals surface area contributed by atoms with Gasteiger partial charge in [0.1, 0.15) is 0 Å². The molecule has 5 nitrogen and oxygen atoms in total. The Morgan fingerprint density at radius 2 is 2.20 bits per heavy atom. The molecule has 0 fully saturated rings. The van der Waals surface area contributed by atoms with Gasteiger partial charge in [-0.25, -0.2) is 0 Å². The largest absolute Gasteiger partial charge is 0.366 e. The predicted molar refractivity (Wildman–Crippen MR) is 56.1 cm³/mol. The van der Waals surface area contributed by atoms with E-state index >= 15 is 0 Å². The Morgan fingerprint density at radius 1 is 1.53 bits per heavy atom. The van der Waals surface area contributed by atoms with Crippen LogP contribution in [0.2, 0.25) is 0 Å². The normalized spacial score (nSPS) is 10.5. The average molecular weight is 206 g/mol. The summed E-state index contributed by atoms with van der Waals surface area (Å²) >= 11 is 0. The Hall–Kier alpha value is -2.17. The van der Waals surface area contributed by atoms with Crippen molar-refractivity contribution in [1.82, 2.24) is 0 Å². The first-order valence-electron chi connectivity index (χ1n) is 4.23. The summed E-state index contributed by atoms with van der Waals surface area (Å²) in [4.78, 5) is 20.5. The zero-order valence-corrected chi connectivity index (χ0v) is 8.14. The number of hydrogen-bond acceptors (Lipinski definition) is 3. The maximum absolute atomic E-state index is 10.5. The van der Waals surface area contributed by atoms with Gasteiger partial charge in [-0.15, -0.1) is 0 Å². The number of carbonyl (C=O) groups is 1. The molecule has 1 aromatic rings. The molecular weight excluding hydrogens is 196 g/mol. The minimum absolute atomic E-state index is 0.00952. The third kappa shape index (κ3) is 2.91. The molecule has 78 valence electrons. The van der Waals surface area contributed by atoms with E-state index in [0.717, 1.165) is 5.56 Å². The summed E-state index contributed by atoms with van der Waals surface area (Å²) in [5, 5.41) is 10.5. The van der Waals surface area contributed by atoms with Gasteiger partial charge in [-0.05, 0) is 24.1 Å². The Balaban J connectivity index is 3.11. The quantitative estimate of drug-likeness (QED) is 0.460. The maximum Gasteiger partial charge on any atom is 0.270 e. The summed E-state index contributed by atoms with van der Waals surface area (Å²) < 4.78 is 0. The van der Waals surface area contributed by atoms with Crippen LogP contribution in [0.15, 0.2) is 24.3 Å². The molecule has 1 aromatic carbocycles. The zero-order valence-electron chi connectivity index (χ0n) is 8.14. The van der Waals surface area contributed by atoms with Gasteiger partial charge >= 0.3 is 0 Å². The number of nitro benzene ring substituents is 1. The third-order valence-electron chi connectivity index (χ3n) is 1.90. The molecule has 1 rings (SSSR count). The molecule has 5 heteroatoms. The molecule has 2 N–H and O–H groups in total. The summed E-state index contributed by atoms with van der Waals surface area (Å²) in [5.41, 5.74) is 6.38. The van der Waals surface area contributed by atoms with Crippen molar-refractivity contribution in [3.8, 4) is 0 Å². The molecule has 0 spiro atoms. The van der Waals surface area contributed by atoms with Crippen molar-refractivity contribution in [1.29, 1.82) is 0 Å². The van der Waals surface area contributed by atoms with Crippen LogP contribution in [0, 0.1) is 17.0 Å². The Morgan fingerprint density at radius 3 is 2.73 bits per heavy atom. The van der Waals surface area contributed by atoms with Crippen molar-refractivity contribution in [2.24, 2.45) is 5.73 Å². The highest BCUT2D eigenvalue weighted by Gasteiger charge is 2.06. The highest BCUT2D eigenvalue weighted by molar-refractivity contribution is 5.90. The molecule has 0 aliphatic rings. The van der Waals surface area contributed by atoms with Crippen molar-refractivity contribution in [2.45, 2.75) is 6.92 Å². The molecule has 0 radical (unpaired) electrons. The van der Waals surface area contributed by atoms with Gasteiger partial charge in [0.05, 0.1) is 4.92 Å². The number of nitrogens with two attached hydrogens (primary N) is 1. The van der Waals surface area contributed by atoms with Crippen molar-refractivity contribution in [3.05, 3.63) is 45.5 Å². The SMILES string of the molecule is Cc1ccc([N+](=O)[O-])cc1C=CC(N)=O. The van der Waals surface area contributed by atoms with E-state index in [1.54, 1.807) is 13.0 Å². The van der Waals surface area contributed by atoms with E-state index in [9.17, 15) is 14.9 Å². The highest BCUT2D eigenvalue weighted by atomic mass is 16.6. The minimum Gasteiger partial charge on any atom is -0.366 e. The number of carbonyl (C=O) groups excluding carboxylic acids is 1. The standard InChI is InChI=1S/C10H10N2O3/c1-7-2-4-9(12(14)15)6-8(7)3-5-10(11)13/h2-6H,1H3,(H2,11,13). The number of nitro groups is 1. The second kappa shape index (κ2) is 4.36. The van der Waals surface area contributed by atoms with E-state index in [4.69, 9.17) is 5.73 Å². The minimum atomic E-state index is -0.582. The van der Waals surface area contributed by atoms with E-state index in [2.05, 4.69) is 0 Å². The van der Waals surface area contributed by atoms with E-state index in [-0.39, 0.29) is 5.69 Å². The lowest BCUT2D eigenvalue weighted by Crippen LogP contribution is -2.05. The molecule has 0 bridgehead atoms. The van der Waals surface area contributed by atoms with E-state index in [0.29, 0.717) is 5.56 Å². The average Bonchev–Trinajstić information content (AvgIpc) is 2.16. The summed E-state index contributed by atoms with van der Waals surface area (Å²) in [6, 6.07) is 4.44. The number of rotatable bonds is 3. The summed E-state index contributed by atoms with van der Waals surface area (Å²) in [5.74, 6) is -0.582. The number of primary amides is 1. The fourth-order valence-corrected chi connectivity index (χ4v) is 1.09. The van der Waals surface area contributed by atoms with Gasteiger partial charge in [0, 0.05) is 18.2 Å². The summed E-state index contributed by atoms with van der Waals surface area (Å²) in [6.07, 6.45) is 2.64. The van der Waals surface area contributed by atoms with Gasteiger partial charge in [0.15, 0.2) is 0 Å². The second-order valence-electron chi connectivity index (χ2n) is 3.03. The van der Waals surface area contributed by atoms with E-state index in [1.807, 2.05) is 0 Å². The number of benzene rings is 1. The maximum atomic E-state index is 10.5. The molecule has 15 heavy (non-hydrogen) atoms. The van der Waals surface area contributed by atoms with Crippen LogP contribution in [-0.4, -0.2) is 10.8 Å². The topological polar surface area (TPSA) is 86.2 Å². The molecule has 0 heterocycles. The van der Waals surface area contributed by atoms with Crippen molar-refractivity contribution in [2.75, 3.05) is 0 Å². The van der Waals surface area contributed by atoms with Crippen LogP contribution in [0.25, 0.3) is 6.08 Å². The Bertz CT molecular complexity index is 438. The zero-order chi connectivity index (χ0) is 11.4. The van der Waals surface area contributed by atoms with Crippen LogP contribution in [0.5, 0.6) is 0 Å². The number of non-ortho nitro benzene ring substituents is 1. The van der Waals surface area contributed by atoms with Crippen LogP contribution < -0.4 is 5.73 Å². The monoisotopic (exact) mass is 206 g/mol. The van der Waals surface area contributed by atoms with Gasteiger partial charge in [-0.1, -0.05) is 6.07 Å². The molecule has 0 saturated carbocycles.